The smallest absolute Gasteiger partial charge is 0.322 e. The normalized spacial score (nSPS) is 15.4. The van der Waals surface area contributed by atoms with Gasteiger partial charge in [-0.25, -0.2) is 18.6 Å². The van der Waals surface area contributed by atoms with Crippen LogP contribution in [0.5, 0.6) is 5.75 Å². The van der Waals surface area contributed by atoms with E-state index in [4.69, 9.17) is 9.15 Å². The molecule has 3 heterocycles. The van der Waals surface area contributed by atoms with Gasteiger partial charge in [-0.15, -0.1) is 12.3 Å². The van der Waals surface area contributed by atoms with Gasteiger partial charge in [0.15, 0.2) is 17.6 Å². The van der Waals surface area contributed by atoms with Crippen LogP contribution in [0.3, 0.4) is 0 Å². The number of nitrogens with one attached hydrogen (secondary N) is 2. The van der Waals surface area contributed by atoms with Gasteiger partial charge in [0.1, 0.15) is 29.7 Å². The third-order valence-electron chi connectivity index (χ3n) is 7.11. The van der Waals surface area contributed by atoms with E-state index in [0.29, 0.717) is 42.6 Å². The molecule has 2 N–H and O–H groups in total. The second-order valence-corrected chi connectivity index (χ2v) is 10.3. The maximum atomic E-state index is 13.7. The van der Waals surface area contributed by atoms with Gasteiger partial charge in [-0.3, -0.25) is 14.9 Å². The van der Waals surface area contributed by atoms with Crippen LogP contribution >= 0.6 is 0 Å². The van der Waals surface area contributed by atoms with Crippen molar-refractivity contribution in [1.82, 2.24) is 25.3 Å². The summed E-state index contributed by atoms with van der Waals surface area (Å²) in [6.07, 6.45) is 6.20. The maximum Gasteiger partial charge on any atom is 0.322 e. The molecule has 1 unspecified atom stereocenters. The van der Waals surface area contributed by atoms with E-state index < -0.39 is 30.5 Å². The molecule has 1 aromatic carbocycles. The number of nitrogens with zero attached hydrogens (tertiary/aromatic N) is 4. The first-order chi connectivity index (χ1) is 21.5. The fourth-order valence-corrected chi connectivity index (χ4v) is 4.70. The number of fused-ring (bicyclic) bond motifs is 1. The van der Waals surface area contributed by atoms with Crippen LogP contribution in [-0.4, -0.2) is 92.4 Å². The molecule has 1 fully saturated rings. The molecule has 1 saturated heterocycles. The summed E-state index contributed by atoms with van der Waals surface area (Å²) in [6.45, 7) is 11.0. The Kier molecular flexibility index (Phi) is 14.5. The molecular weight excluding hydrogens is 586 g/mol. The van der Waals surface area contributed by atoms with Gasteiger partial charge >= 0.3 is 6.03 Å². The molecular formula is C32H44F2N6O5. The second-order valence-electron chi connectivity index (χ2n) is 10.3. The summed E-state index contributed by atoms with van der Waals surface area (Å²) in [5.41, 5.74) is 1.34. The molecule has 4 amide bonds. The Morgan fingerprint density at radius 1 is 1.22 bits per heavy atom. The number of furan rings is 1. The Morgan fingerprint density at radius 2 is 1.91 bits per heavy atom. The third-order valence-corrected chi connectivity index (χ3v) is 7.11. The van der Waals surface area contributed by atoms with Crippen LogP contribution in [0.15, 0.2) is 27.6 Å². The van der Waals surface area contributed by atoms with E-state index >= 15 is 0 Å². The lowest BCUT2D eigenvalue weighted by atomic mass is 10.1. The minimum absolute atomic E-state index is 0.118. The van der Waals surface area contributed by atoms with Crippen LogP contribution in [0.1, 0.15) is 67.6 Å². The number of rotatable bonds is 11. The molecule has 246 valence electrons. The summed E-state index contributed by atoms with van der Waals surface area (Å²) in [5.74, 6) is 2.19. The third kappa shape index (κ3) is 9.52. The average molecular weight is 631 g/mol. The van der Waals surface area contributed by atoms with Crippen molar-refractivity contribution in [2.75, 3.05) is 54.1 Å². The van der Waals surface area contributed by atoms with Crippen molar-refractivity contribution < 1.29 is 32.3 Å². The van der Waals surface area contributed by atoms with E-state index in [1.54, 1.807) is 37.1 Å². The molecule has 0 radical (unpaired) electrons. The molecule has 0 spiro atoms. The number of amidine groups is 1. The molecule has 1 atom stereocenters. The quantitative estimate of drug-likeness (QED) is 0.163. The van der Waals surface area contributed by atoms with Crippen molar-refractivity contribution >= 4 is 29.4 Å². The number of likely N-dealkylation sites (N-methyl/N-ethyl adjacent to an activating group) is 2. The van der Waals surface area contributed by atoms with Crippen molar-refractivity contribution in [2.45, 2.75) is 53.1 Å². The number of aryl methyl sites for hydroxylation is 1. The maximum absolute atomic E-state index is 13.7. The highest BCUT2D eigenvalue weighted by Gasteiger charge is 2.34. The number of benzene rings is 1. The van der Waals surface area contributed by atoms with Gasteiger partial charge in [-0.1, -0.05) is 26.8 Å². The molecule has 45 heavy (non-hydrogen) atoms. The molecule has 1 aromatic heterocycles. The zero-order chi connectivity index (χ0) is 33.7. The number of hydrogen-bond acceptors (Lipinski definition) is 7. The van der Waals surface area contributed by atoms with Crippen molar-refractivity contribution in [1.29, 1.82) is 0 Å². The first-order valence-corrected chi connectivity index (χ1v) is 14.8. The molecule has 11 nitrogen and oxygen atoms in total. The van der Waals surface area contributed by atoms with Gasteiger partial charge in [-0.05, 0) is 38.1 Å². The Hall–Kier alpha value is -4.44. The van der Waals surface area contributed by atoms with Crippen molar-refractivity contribution in [3.63, 3.8) is 0 Å². The zero-order valence-electron chi connectivity index (χ0n) is 27.1. The van der Waals surface area contributed by atoms with Gasteiger partial charge in [0, 0.05) is 46.2 Å². The summed E-state index contributed by atoms with van der Waals surface area (Å²) >= 11 is 0. The van der Waals surface area contributed by atoms with E-state index in [1.807, 2.05) is 14.0 Å². The first kappa shape index (κ1) is 36.8. The minimum atomic E-state index is -0.888. The summed E-state index contributed by atoms with van der Waals surface area (Å²) in [6, 6.07) is 3.40. The minimum Gasteiger partial charge on any atom is -0.494 e. The Labute approximate surface area is 264 Å². The van der Waals surface area contributed by atoms with Gasteiger partial charge in [0.25, 0.3) is 11.8 Å². The number of hydrogen-bond donors (Lipinski definition) is 2. The summed E-state index contributed by atoms with van der Waals surface area (Å²) in [5, 5.41) is 4.66. The molecule has 0 bridgehead atoms. The molecule has 2 aliphatic heterocycles. The van der Waals surface area contributed by atoms with Crippen LogP contribution in [0.2, 0.25) is 0 Å². The van der Waals surface area contributed by atoms with E-state index in [2.05, 4.69) is 46.7 Å². The first-order valence-electron chi connectivity index (χ1n) is 14.8. The number of imide groups is 1. The van der Waals surface area contributed by atoms with Crippen LogP contribution in [0.4, 0.5) is 19.3 Å². The number of amides is 4. The molecule has 0 aliphatic carbocycles. The van der Waals surface area contributed by atoms with E-state index in [1.165, 1.54) is 12.0 Å². The number of terminal acetylenes is 1. The Balaban J connectivity index is 0.000000343. The lowest BCUT2D eigenvalue weighted by molar-refractivity contribution is -0.120. The average Bonchev–Trinajstić information content (AvgIpc) is 3.68. The molecule has 2 aromatic rings. The number of ether oxygens (including phenoxy) is 1. The predicted molar refractivity (Wildman–Crippen MR) is 169 cm³/mol. The largest absolute Gasteiger partial charge is 0.494 e. The molecule has 13 heteroatoms. The SMILES string of the molecule is C#CC.CCCN(CC)CCN(C)C(CF)=Nc1cc(C2NC(=O)NC2=O)oc1CC.COc1ccc2c(c1F)C(=O)N(C)C2. The lowest BCUT2D eigenvalue weighted by Gasteiger charge is -2.25. The van der Waals surface area contributed by atoms with Gasteiger partial charge in [0.05, 0.1) is 12.7 Å². The van der Waals surface area contributed by atoms with E-state index in [9.17, 15) is 23.2 Å². The Morgan fingerprint density at radius 3 is 2.44 bits per heavy atom. The standard InChI is InChI=1S/C19H30FN5O3.C10H10FNO2.C3H4/c1-5-8-25(7-3)10-9-24(4)16(12-20)21-13-11-15(28-14(13)6-2)17-18(26)23-19(27)22-17;1-12-5-6-3-4-7(14-2)9(11)8(6)10(12)13;1-3-2/h11,17H,5-10,12H2,1-4H3,(H2,22,23,26,27);3-4H,5H2,1-2H3;1H,2H3. The van der Waals surface area contributed by atoms with E-state index in [-0.39, 0.29) is 17.2 Å². The van der Waals surface area contributed by atoms with Crippen molar-refractivity contribution in [2.24, 2.45) is 4.99 Å². The van der Waals surface area contributed by atoms with Gasteiger partial charge < -0.3 is 29.2 Å². The topological polar surface area (TPSA) is 120 Å². The summed E-state index contributed by atoms with van der Waals surface area (Å²) in [7, 11) is 4.84. The number of carbonyl (C=O) groups is 3. The monoisotopic (exact) mass is 630 g/mol. The summed E-state index contributed by atoms with van der Waals surface area (Å²) in [4.78, 5) is 44.7. The molecule has 0 saturated carbocycles. The van der Waals surface area contributed by atoms with Gasteiger partial charge in [-0.2, -0.15) is 0 Å². The van der Waals surface area contributed by atoms with E-state index in [0.717, 1.165) is 31.6 Å². The zero-order valence-corrected chi connectivity index (χ0v) is 27.1. The van der Waals surface area contributed by atoms with Crippen LogP contribution < -0.4 is 15.4 Å². The fourth-order valence-electron chi connectivity index (χ4n) is 4.70. The Bertz CT molecular complexity index is 1400. The molecule has 4 rings (SSSR count). The number of alkyl halides is 1. The predicted octanol–water partition coefficient (Wildman–Crippen LogP) is 4.45. The second kappa shape index (κ2) is 17.8. The van der Waals surface area contributed by atoms with Crippen LogP contribution in [0, 0.1) is 18.2 Å². The number of aliphatic imine (C=N–C) groups is 1. The highest BCUT2D eigenvalue weighted by molar-refractivity contribution is 6.04. The van der Waals surface area contributed by atoms with Crippen molar-refractivity contribution in [3.05, 3.63) is 46.7 Å². The number of urea groups is 1. The van der Waals surface area contributed by atoms with Gasteiger partial charge in [0.2, 0.25) is 0 Å². The number of carbonyl (C=O) groups excluding carboxylic acids is 3. The van der Waals surface area contributed by atoms with Crippen molar-refractivity contribution in [3.8, 4) is 18.1 Å². The number of halogens is 2. The lowest BCUT2D eigenvalue weighted by Crippen LogP contribution is -2.37. The van der Waals surface area contributed by atoms with Crippen LogP contribution in [0.25, 0.3) is 0 Å². The number of methoxy groups -OCH3 is 1. The molecule has 2 aliphatic rings. The highest BCUT2D eigenvalue weighted by Crippen LogP contribution is 2.31. The highest BCUT2D eigenvalue weighted by atomic mass is 19.1. The summed E-state index contributed by atoms with van der Waals surface area (Å²) < 4.78 is 37.8. The fraction of sp³-hybridized carbons (Fsp3) is 0.500. The van der Waals surface area contributed by atoms with Crippen LogP contribution in [-0.2, 0) is 17.8 Å².